The van der Waals surface area contributed by atoms with Crippen molar-refractivity contribution >= 4 is 35.6 Å². The third-order valence-corrected chi connectivity index (χ3v) is 5.56. The van der Waals surface area contributed by atoms with E-state index in [1.807, 2.05) is 0 Å². The van der Waals surface area contributed by atoms with Gasteiger partial charge in [0.05, 0.1) is 18.8 Å². The van der Waals surface area contributed by atoms with Gasteiger partial charge in [-0.2, -0.15) is 0 Å². The molecular weight excluding hydrogens is 514 g/mol. The number of hydrogen-bond acceptors (Lipinski definition) is 8. The molecule has 1 aromatic carbocycles. The molecule has 0 aliphatic carbocycles. The predicted molar refractivity (Wildman–Crippen MR) is 135 cm³/mol. The van der Waals surface area contributed by atoms with Gasteiger partial charge in [0.1, 0.15) is 18.1 Å². The van der Waals surface area contributed by atoms with Gasteiger partial charge in [-0.3, -0.25) is 24.0 Å². The van der Waals surface area contributed by atoms with E-state index in [9.17, 15) is 33.9 Å². The van der Waals surface area contributed by atoms with Crippen molar-refractivity contribution in [1.82, 2.24) is 25.9 Å². The zero-order valence-corrected chi connectivity index (χ0v) is 20.8. The lowest BCUT2D eigenvalue weighted by molar-refractivity contribution is -0.147. The number of rotatable bonds is 16. The zero-order chi connectivity index (χ0) is 28.9. The number of imidazole rings is 1. The maximum absolute atomic E-state index is 13.3. The minimum atomic E-state index is -1.74. The van der Waals surface area contributed by atoms with Crippen molar-refractivity contribution in [2.24, 2.45) is 11.5 Å². The molecule has 4 amide bonds. The van der Waals surface area contributed by atoms with Gasteiger partial charge in [0.15, 0.2) is 0 Å². The van der Waals surface area contributed by atoms with Gasteiger partial charge < -0.3 is 42.6 Å². The molecule has 0 radical (unpaired) electrons. The molecule has 10 N–H and O–H groups in total. The Balaban J connectivity index is 2.26. The fraction of sp³-hybridized carbons (Fsp3) is 0.375. The highest BCUT2D eigenvalue weighted by molar-refractivity contribution is 5.95. The van der Waals surface area contributed by atoms with Gasteiger partial charge in [-0.15, -0.1) is 0 Å². The Morgan fingerprint density at radius 2 is 1.46 bits per heavy atom. The normalized spacial score (nSPS) is 13.8. The number of nitrogens with zero attached hydrogens (tertiary/aromatic N) is 1. The molecule has 2 aromatic rings. The number of benzene rings is 1. The minimum absolute atomic E-state index is 0.0568. The summed E-state index contributed by atoms with van der Waals surface area (Å²) < 4.78 is 0. The van der Waals surface area contributed by atoms with Crippen molar-refractivity contribution in [2.45, 2.75) is 56.3 Å². The third-order valence-electron chi connectivity index (χ3n) is 5.56. The van der Waals surface area contributed by atoms with E-state index < -0.39 is 66.2 Å². The van der Waals surface area contributed by atoms with Crippen LogP contribution in [0, 0.1) is 0 Å². The molecule has 1 aromatic heterocycles. The molecule has 0 bridgehead atoms. The number of hydrogen-bond donors (Lipinski definition) is 8. The molecule has 210 valence electrons. The van der Waals surface area contributed by atoms with Crippen LogP contribution in [0.15, 0.2) is 42.9 Å². The topological polar surface area (TPSA) is 260 Å². The van der Waals surface area contributed by atoms with Crippen molar-refractivity contribution in [3.8, 4) is 0 Å². The number of aliphatic carboxylic acids is 2. The van der Waals surface area contributed by atoms with E-state index in [1.165, 1.54) is 12.5 Å². The second-order valence-corrected chi connectivity index (χ2v) is 8.70. The second kappa shape index (κ2) is 14.8. The standard InChI is InChI=1S/C24H31N7O8/c25-15(6-7-19(26)32)21(35)29-17(9-14-11-27-12-28-14)23(37)30-16(8-13-4-2-1-3-5-13)22(36)31-18(24(38)39)10-20(33)34/h1-5,11-12,15-18H,6-10,25H2,(H2,26,32)(H,27,28)(H,29,35)(H,30,37)(H,31,36)(H,33,34)(H,38,39). The van der Waals surface area contributed by atoms with E-state index in [-0.39, 0.29) is 25.7 Å². The molecule has 0 saturated carbocycles. The van der Waals surface area contributed by atoms with Gasteiger partial charge >= 0.3 is 11.9 Å². The Morgan fingerprint density at radius 1 is 0.872 bits per heavy atom. The smallest absolute Gasteiger partial charge is 0.326 e. The van der Waals surface area contributed by atoms with Crippen LogP contribution in [-0.4, -0.2) is 79.9 Å². The van der Waals surface area contributed by atoms with Crippen LogP contribution in [0.4, 0.5) is 0 Å². The summed E-state index contributed by atoms with van der Waals surface area (Å²) in [5, 5.41) is 25.5. The molecule has 15 heteroatoms. The molecule has 2 rings (SSSR count). The minimum Gasteiger partial charge on any atom is -0.481 e. The van der Waals surface area contributed by atoms with Crippen LogP contribution in [-0.2, 0) is 41.6 Å². The Bertz CT molecular complexity index is 1160. The third kappa shape index (κ3) is 10.6. The summed E-state index contributed by atoms with van der Waals surface area (Å²) in [5.41, 5.74) is 12.0. The number of aromatic amines is 1. The number of carboxylic acids is 2. The number of carbonyl (C=O) groups excluding carboxylic acids is 4. The molecule has 0 fully saturated rings. The van der Waals surface area contributed by atoms with Crippen LogP contribution in [0.3, 0.4) is 0 Å². The first kappa shape index (κ1) is 30.4. The van der Waals surface area contributed by atoms with Crippen molar-refractivity contribution in [3.63, 3.8) is 0 Å². The SMILES string of the molecule is NC(=O)CCC(N)C(=O)NC(Cc1cnc[nH]1)C(=O)NC(Cc1ccccc1)C(=O)NC(CC(=O)O)C(=O)O. The van der Waals surface area contributed by atoms with Gasteiger partial charge in [0.25, 0.3) is 0 Å². The van der Waals surface area contributed by atoms with Crippen molar-refractivity contribution in [2.75, 3.05) is 0 Å². The molecular formula is C24H31N7O8. The molecule has 39 heavy (non-hydrogen) atoms. The van der Waals surface area contributed by atoms with E-state index in [4.69, 9.17) is 16.6 Å². The molecule has 0 aliphatic heterocycles. The summed E-state index contributed by atoms with van der Waals surface area (Å²) in [6, 6.07) is 3.02. The summed E-state index contributed by atoms with van der Waals surface area (Å²) in [4.78, 5) is 79.3. The summed E-state index contributed by atoms with van der Waals surface area (Å²) in [6.07, 6.45) is 1.57. The van der Waals surface area contributed by atoms with Gasteiger partial charge in [-0.1, -0.05) is 30.3 Å². The first-order chi connectivity index (χ1) is 18.5. The van der Waals surface area contributed by atoms with E-state index in [0.717, 1.165) is 0 Å². The van der Waals surface area contributed by atoms with Crippen LogP contribution in [0.2, 0.25) is 0 Å². The average Bonchev–Trinajstić information content (AvgIpc) is 3.39. The number of nitrogens with two attached hydrogens (primary N) is 2. The lowest BCUT2D eigenvalue weighted by Gasteiger charge is -2.25. The zero-order valence-electron chi connectivity index (χ0n) is 20.8. The molecule has 15 nitrogen and oxygen atoms in total. The average molecular weight is 546 g/mol. The Labute approximate surface area is 222 Å². The Kier molecular flexibility index (Phi) is 11.6. The number of primary amides is 1. The number of aromatic nitrogens is 2. The summed E-state index contributed by atoms with van der Waals surface area (Å²) >= 11 is 0. The van der Waals surface area contributed by atoms with E-state index >= 15 is 0 Å². The quantitative estimate of drug-likeness (QED) is 0.113. The Hall–Kier alpha value is -4.79. The lowest BCUT2D eigenvalue weighted by Crippen LogP contribution is -2.58. The highest BCUT2D eigenvalue weighted by atomic mass is 16.4. The molecule has 4 unspecified atom stereocenters. The fourth-order valence-electron chi connectivity index (χ4n) is 3.51. The maximum atomic E-state index is 13.3. The highest BCUT2D eigenvalue weighted by Gasteiger charge is 2.31. The van der Waals surface area contributed by atoms with Crippen LogP contribution in [0.5, 0.6) is 0 Å². The van der Waals surface area contributed by atoms with Crippen molar-refractivity contribution < 1.29 is 39.0 Å². The van der Waals surface area contributed by atoms with E-state index in [2.05, 4.69) is 25.9 Å². The van der Waals surface area contributed by atoms with Gasteiger partial charge in [0.2, 0.25) is 23.6 Å². The lowest BCUT2D eigenvalue weighted by atomic mass is 10.0. The van der Waals surface area contributed by atoms with Gasteiger partial charge in [-0.05, 0) is 12.0 Å². The number of H-pyrrole nitrogens is 1. The second-order valence-electron chi connectivity index (χ2n) is 8.70. The molecule has 4 atom stereocenters. The van der Waals surface area contributed by atoms with E-state index in [0.29, 0.717) is 11.3 Å². The van der Waals surface area contributed by atoms with Crippen LogP contribution >= 0.6 is 0 Å². The summed E-state index contributed by atoms with van der Waals surface area (Å²) in [7, 11) is 0. The Morgan fingerprint density at radius 3 is 2.00 bits per heavy atom. The number of nitrogens with one attached hydrogen (secondary N) is 4. The monoisotopic (exact) mass is 545 g/mol. The number of carboxylic acid groups (broad SMARTS) is 2. The van der Waals surface area contributed by atoms with Crippen LogP contribution in [0.1, 0.15) is 30.5 Å². The van der Waals surface area contributed by atoms with Gasteiger partial charge in [-0.25, -0.2) is 9.78 Å². The molecule has 0 saturated heterocycles. The number of amides is 4. The van der Waals surface area contributed by atoms with Crippen molar-refractivity contribution in [3.05, 3.63) is 54.1 Å². The number of carbonyl (C=O) groups is 6. The maximum Gasteiger partial charge on any atom is 0.326 e. The first-order valence-corrected chi connectivity index (χ1v) is 11.9. The van der Waals surface area contributed by atoms with Crippen LogP contribution in [0.25, 0.3) is 0 Å². The first-order valence-electron chi connectivity index (χ1n) is 11.9. The largest absolute Gasteiger partial charge is 0.481 e. The van der Waals surface area contributed by atoms with Crippen LogP contribution < -0.4 is 27.4 Å². The van der Waals surface area contributed by atoms with Crippen molar-refractivity contribution in [1.29, 1.82) is 0 Å². The van der Waals surface area contributed by atoms with Gasteiger partial charge in [0, 0.05) is 31.2 Å². The summed E-state index contributed by atoms with van der Waals surface area (Å²) in [5.74, 6) is -6.15. The molecule has 1 heterocycles. The summed E-state index contributed by atoms with van der Waals surface area (Å²) in [6.45, 7) is 0. The highest BCUT2D eigenvalue weighted by Crippen LogP contribution is 2.07. The fourth-order valence-corrected chi connectivity index (χ4v) is 3.51. The molecule has 0 spiro atoms. The molecule has 0 aliphatic rings. The predicted octanol–water partition coefficient (Wildman–Crippen LogP) is -2.20. The van der Waals surface area contributed by atoms with E-state index in [1.54, 1.807) is 30.3 Å².